The Balaban J connectivity index is 2.16. The highest BCUT2D eigenvalue weighted by Crippen LogP contribution is 2.18. The predicted molar refractivity (Wildman–Crippen MR) is 74.0 cm³/mol. The van der Waals surface area contributed by atoms with Gasteiger partial charge in [0.1, 0.15) is 5.69 Å². The molecule has 0 aliphatic heterocycles. The largest absolute Gasteiger partial charge is 0.383 e. The fourth-order valence-electron chi connectivity index (χ4n) is 1.72. The van der Waals surface area contributed by atoms with E-state index in [4.69, 9.17) is 16.3 Å². The van der Waals surface area contributed by atoms with Crippen LogP contribution in [0.3, 0.4) is 0 Å². The average Bonchev–Trinajstić information content (AvgIpc) is 2.93. The smallest absolute Gasteiger partial charge is 0.188 e. The van der Waals surface area contributed by atoms with Gasteiger partial charge < -0.3 is 4.74 Å². The minimum absolute atomic E-state index is 0.0797. The highest BCUT2D eigenvalue weighted by Gasteiger charge is 2.18. The van der Waals surface area contributed by atoms with Crippen molar-refractivity contribution in [2.45, 2.75) is 19.9 Å². The molecule has 0 amide bonds. The Labute approximate surface area is 120 Å². The van der Waals surface area contributed by atoms with Crippen molar-refractivity contribution in [3.63, 3.8) is 0 Å². The van der Waals surface area contributed by atoms with Crippen LogP contribution in [0.25, 0.3) is 0 Å². The number of halogens is 1. The zero-order chi connectivity index (χ0) is 13.8. The number of hydrogen-bond donors (Lipinski definition) is 0. The molecule has 2 rings (SSSR count). The van der Waals surface area contributed by atoms with Crippen molar-refractivity contribution in [2.24, 2.45) is 0 Å². The number of methoxy groups -OCH3 is 1. The molecule has 0 saturated carbocycles. The molecule has 102 valence electrons. The average molecular weight is 300 g/mol. The predicted octanol–water partition coefficient (Wildman–Crippen LogP) is 2.37. The van der Waals surface area contributed by atoms with Gasteiger partial charge in [-0.2, -0.15) is 5.10 Å². The van der Waals surface area contributed by atoms with Crippen LogP contribution in [0.2, 0.25) is 5.02 Å². The van der Waals surface area contributed by atoms with Crippen LogP contribution in [0.5, 0.6) is 0 Å². The Morgan fingerprint density at radius 2 is 2.37 bits per heavy atom. The monoisotopic (exact) mass is 299 g/mol. The standard InChI is InChI=1S/C12H14ClN3O2S/c1-8-15-9(7-19-8)5-11(17)12-10(13)6-14-16(12)3-4-18-2/h6-7H,3-5H2,1-2H3. The molecule has 0 radical (unpaired) electrons. The van der Waals surface area contributed by atoms with Crippen LogP contribution < -0.4 is 0 Å². The lowest BCUT2D eigenvalue weighted by Crippen LogP contribution is -2.15. The number of aromatic nitrogens is 3. The van der Waals surface area contributed by atoms with Gasteiger partial charge in [0.2, 0.25) is 0 Å². The molecule has 2 aromatic rings. The summed E-state index contributed by atoms with van der Waals surface area (Å²) < 4.78 is 6.56. The maximum absolute atomic E-state index is 12.3. The molecule has 2 aromatic heterocycles. The second-order valence-electron chi connectivity index (χ2n) is 4.01. The Morgan fingerprint density at radius 3 is 3.00 bits per heavy atom. The van der Waals surface area contributed by atoms with Crippen LogP contribution in [-0.4, -0.2) is 34.3 Å². The Kier molecular flexibility index (Phi) is 4.68. The summed E-state index contributed by atoms with van der Waals surface area (Å²) in [5.74, 6) is -0.0797. The minimum atomic E-state index is -0.0797. The molecular weight excluding hydrogens is 286 g/mol. The first-order valence-corrected chi connectivity index (χ1v) is 7.02. The van der Waals surface area contributed by atoms with E-state index in [0.29, 0.717) is 23.9 Å². The first kappa shape index (κ1) is 14.2. The van der Waals surface area contributed by atoms with Gasteiger partial charge >= 0.3 is 0 Å². The fraction of sp³-hybridized carbons (Fsp3) is 0.417. The van der Waals surface area contributed by atoms with Gasteiger partial charge in [-0.1, -0.05) is 11.6 Å². The van der Waals surface area contributed by atoms with Gasteiger partial charge in [-0.15, -0.1) is 11.3 Å². The van der Waals surface area contributed by atoms with E-state index in [1.807, 2.05) is 12.3 Å². The van der Waals surface area contributed by atoms with E-state index in [2.05, 4.69) is 10.1 Å². The molecule has 0 bridgehead atoms. The van der Waals surface area contributed by atoms with Crippen LogP contribution >= 0.6 is 22.9 Å². The molecule has 0 unspecified atom stereocenters. The van der Waals surface area contributed by atoms with Crippen molar-refractivity contribution < 1.29 is 9.53 Å². The van der Waals surface area contributed by atoms with Gasteiger partial charge in [0.25, 0.3) is 0 Å². The van der Waals surface area contributed by atoms with Crippen molar-refractivity contribution in [2.75, 3.05) is 13.7 Å². The van der Waals surface area contributed by atoms with Gasteiger partial charge in [0.15, 0.2) is 5.78 Å². The lowest BCUT2D eigenvalue weighted by molar-refractivity contribution is 0.0978. The summed E-state index contributed by atoms with van der Waals surface area (Å²) in [4.78, 5) is 16.6. The number of nitrogens with zero attached hydrogens (tertiary/aromatic N) is 3. The normalized spacial score (nSPS) is 10.9. The molecule has 0 atom stereocenters. The number of ether oxygens (including phenoxy) is 1. The van der Waals surface area contributed by atoms with Gasteiger partial charge in [-0.3, -0.25) is 9.48 Å². The number of ketones is 1. The van der Waals surface area contributed by atoms with Crippen LogP contribution in [-0.2, 0) is 17.7 Å². The van der Waals surface area contributed by atoms with Crippen LogP contribution in [0, 0.1) is 6.92 Å². The first-order chi connectivity index (χ1) is 9.11. The van der Waals surface area contributed by atoms with Gasteiger partial charge in [0.05, 0.1) is 41.5 Å². The molecule has 5 nitrogen and oxygen atoms in total. The van der Waals surface area contributed by atoms with Crippen LogP contribution in [0.4, 0.5) is 0 Å². The Morgan fingerprint density at radius 1 is 1.58 bits per heavy atom. The first-order valence-electron chi connectivity index (χ1n) is 5.76. The summed E-state index contributed by atoms with van der Waals surface area (Å²) in [6.45, 7) is 2.89. The molecule has 19 heavy (non-hydrogen) atoms. The third kappa shape index (κ3) is 3.40. The second kappa shape index (κ2) is 6.27. The van der Waals surface area contributed by atoms with Crippen molar-refractivity contribution in [3.8, 4) is 0 Å². The summed E-state index contributed by atoms with van der Waals surface area (Å²) in [5, 5.41) is 7.29. The van der Waals surface area contributed by atoms with Gasteiger partial charge in [-0.25, -0.2) is 4.98 Å². The molecule has 7 heteroatoms. The third-order valence-electron chi connectivity index (χ3n) is 2.57. The molecule has 0 fully saturated rings. The summed E-state index contributed by atoms with van der Waals surface area (Å²) >= 11 is 7.55. The molecule has 0 saturated heterocycles. The summed E-state index contributed by atoms with van der Waals surface area (Å²) in [6, 6.07) is 0. The molecular formula is C12H14ClN3O2S. The summed E-state index contributed by atoms with van der Waals surface area (Å²) in [6.07, 6.45) is 1.72. The number of hydrogen-bond acceptors (Lipinski definition) is 5. The Bertz CT molecular complexity index is 579. The topological polar surface area (TPSA) is 57.0 Å². The molecule has 0 aliphatic rings. The van der Waals surface area contributed by atoms with Crippen molar-refractivity contribution in [1.29, 1.82) is 0 Å². The maximum Gasteiger partial charge on any atom is 0.188 e. The van der Waals surface area contributed by atoms with E-state index in [1.165, 1.54) is 17.5 Å². The van der Waals surface area contributed by atoms with E-state index >= 15 is 0 Å². The highest BCUT2D eigenvalue weighted by atomic mass is 35.5. The second-order valence-corrected chi connectivity index (χ2v) is 5.48. The number of carbonyl (C=O) groups is 1. The van der Waals surface area contributed by atoms with E-state index in [9.17, 15) is 4.79 Å². The van der Waals surface area contributed by atoms with Crippen molar-refractivity contribution >= 4 is 28.7 Å². The van der Waals surface area contributed by atoms with Gasteiger partial charge in [0, 0.05) is 12.5 Å². The molecule has 0 aliphatic carbocycles. The minimum Gasteiger partial charge on any atom is -0.383 e. The zero-order valence-electron chi connectivity index (χ0n) is 10.7. The van der Waals surface area contributed by atoms with E-state index in [0.717, 1.165) is 10.7 Å². The number of Topliss-reactive ketones (excluding diaryl/α,β-unsaturated/α-hetero) is 1. The number of aryl methyl sites for hydroxylation is 1. The SMILES string of the molecule is COCCn1ncc(Cl)c1C(=O)Cc1csc(C)n1. The molecule has 2 heterocycles. The van der Waals surface area contributed by atoms with Crippen LogP contribution in [0.1, 0.15) is 21.2 Å². The lowest BCUT2D eigenvalue weighted by Gasteiger charge is -2.06. The van der Waals surface area contributed by atoms with Crippen LogP contribution in [0.15, 0.2) is 11.6 Å². The van der Waals surface area contributed by atoms with E-state index < -0.39 is 0 Å². The highest BCUT2D eigenvalue weighted by molar-refractivity contribution is 7.09. The van der Waals surface area contributed by atoms with Gasteiger partial charge in [-0.05, 0) is 6.92 Å². The fourth-order valence-corrected chi connectivity index (χ4v) is 2.58. The molecule has 0 spiro atoms. The molecule has 0 aromatic carbocycles. The van der Waals surface area contributed by atoms with E-state index in [-0.39, 0.29) is 12.2 Å². The molecule has 0 N–H and O–H groups in total. The summed E-state index contributed by atoms with van der Waals surface area (Å²) in [7, 11) is 1.60. The third-order valence-corrected chi connectivity index (χ3v) is 3.67. The summed E-state index contributed by atoms with van der Waals surface area (Å²) in [5.41, 5.74) is 1.19. The quantitative estimate of drug-likeness (QED) is 0.769. The maximum atomic E-state index is 12.3. The van der Waals surface area contributed by atoms with Crippen molar-refractivity contribution in [3.05, 3.63) is 33.0 Å². The zero-order valence-corrected chi connectivity index (χ0v) is 12.3. The lowest BCUT2D eigenvalue weighted by atomic mass is 10.2. The number of carbonyl (C=O) groups excluding carboxylic acids is 1. The number of rotatable bonds is 6. The van der Waals surface area contributed by atoms with E-state index in [1.54, 1.807) is 11.8 Å². The Hall–Kier alpha value is -1.24. The van der Waals surface area contributed by atoms with Crippen molar-refractivity contribution in [1.82, 2.24) is 14.8 Å². The number of thiazole rings is 1.